The van der Waals surface area contributed by atoms with Crippen LogP contribution < -0.4 is 0 Å². The summed E-state index contributed by atoms with van der Waals surface area (Å²) in [5.41, 5.74) is 4.08. The molecule has 1 atom stereocenters. The lowest BCUT2D eigenvalue weighted by Gasteiger charge is -2.12. The summed E-state index contributed by atoms with van der Waals surface area (Å²) < 4.78 is 15.5. The van der Waals surface area contributed by atoms with Crippen LogP contribution in [0.25, 0.3) is 22.3 Å². The highest BCUT2D eigenvalue weighted by Gasteiger charge is 2.10. The van der Waals surface area contributed by atoms with Gasteiger partial charge in [-0.15, -0.1) is 0 Å². The van der Waals surface area contributed by atoms with Gasteiger partial charge in [-0.1, -0.05) is 79.0 Å². The van der Waals surface area contributed by atoms with Crippen LogP contribution in [0.4, 0.5) is 0 Å². The molecule has 1 heterocycles. The second-order valence-corrected chi connectivity index (χ2v) is 8.34. The largest absolute Gasteiger partial charge is 0.356 e. The van der Waals surface area contributed by atoms with Crippen LogP contribution >= 0.6 is 12.2 Å². The number of aryl methyl sites for hydroxylation is 1. The minimum Gasteiger partial charge on any atom is -0.356 e. The van der Waals surface area contributed by atoms with Gasteiger partial charge in [0.05, 0.1) is 15.3 Å². The highest BCUT2D eigenvalue weighted by Crippen LogP contribution is 2.29. The van der Waals surface area contributed by atoms with Crippen molar-refractivity contribution in [3.8, 4) is 22.3 Å². The summed E-state index contributed by atoms with van der Waals surface area (Å²) in [5, 5.41) is 0. The monoisotopic (exact) mass is 405 g/mol. The van der Waals surface area contributed by atoms with Crippen LogP contribution in [0.2, 0.25) is 0 Å². The maximum absolute atomic E-state index is 12.6. The molecule has 2 aromatic carbocycles. The minimum absolute atomic E-state index is 0.492. The van der Waals surface area contributed by atoms with E-state index in [9.17, 15) is 4.21 Å². The molecule has 1 aromatic heterocycles. The third-order valence-corrected chi connectivity index (χ3v) is 6.05. The molecule has 4 heteroatoms. The average Bonchev–Trinajstić information content (AvgIpc) is 2.73. The molecule has 0 saturated carbocycles. The topological polar surface area (TPSA) is 22.0 Å². The van der Waals surface area contributed by atoms with Crippen molar-refractivity contribution in [1.82, 2.24) is 4.57 Å². The summed E-state index contributed by atoms with van der Waals surface area (Å²) in [7, 11) is 0.913. The number of benzene rings is 2. The van der Waals surface area contributed by atoms with Crippen molar-refractivity contribution in [3.05, 3.63) is 95.8 Å². The van der Waals surface area contributed by atoms with Gasteiger partial charge in [0, 0.05) is 41.2 Å². The Balaban J connectivity index is 2.00. The number of allylic oxidation sites excluding steroid dienone is 3. The van der Waals surface area contributed by atoms with E-state index in [4.69, 9.17) is 12.2 Å². The zero-order valence-electron chi connectivity index (χ0n) is 16.0. The maximum Gasteiger partial charge on any atom is 0.0568 e. The molecule has 142 valence electrons. The van der Waals surface area contributed by atoms with Crippen molar-refractivity contribution < 1.29 is 4.21 Å². The third-order valence-electron chi connectivity index (χ3n) is 4.33. The van der Waals surface area contributed by atoms with Gasteiger partial charge in [-0.2, -0.15) is 0 Å². The van der Waals surface area contributed by atoms with Crippen LogP contribution in [0.15, 0.2) is 96.2 Å². The van der Waals surface area contributed by atoms with Crippen LogP contribution in [0, 0.1) is 4.51 Å². The van der Waals surface area contributed by atoms with Gasteiger partial charge < -0.3 is 4.57 Å². The molecule has 0 aliphatic carbocycles. The van der Waals surface area contributed by atoms with Gasteiger partial charge in [-0.3, -0.25) is 4.21 Å². The van der Waals surface area contributed by atoms with Crippen LogP contribution in [-0.2, 0) is 17.8 Å². The van der Waals surface area contributed by atoms with Crippen molar-refractivity contribution in [2.24, 2.45) is 7.05 Å². The van der Waals surface area contributed by atoms with E-state index in [0.29, 0.717) is 5.75 Å². The van der Waals surface area contributed by atoms with Gasteiger partial charge in [-0.25, -0.2) is 0 Å². The Morgan fingerprint density at radius 2 is 1.64 bits per heavy atom. The summed E-state index contributed by atoms with van der Waals surface area (Å²) in [6.07, 6.45) is 11.8. The molecular formula is C24H23NOS2. The highest BCUT2D eigenvalue weighted by atomic mass is 32.2. The fourth-order valence-electron chi connectivity index (χ4n) is 2.97. The summed E-state index contributed by atoms with van der Waals surface area (Å²) in [6, 6.07) is 18.0. The minimum atomic E-state index is -1.09. The quantitative estimate of drug-likeness (QED) is 0.353. The van der Waals surface area contributed by atoms with Gasteiger partial charge in [0.2, 0.25) is 0 Å². The van der Waals surface area contributed by atoms with Gasteiger partial charge in [-0.05, 0) is 30.2 Å². The smallest absolute Gasteiger partial charge is 0.0568 e. The lowest BCUT2D eigenvalue weighted by Crippen LogP contribution is -1.97. The molecule has 0 saturated heterocycles. The number of nitrogens with zero attached hydrogens (tertiary/aromatic N) is 1. The summed E-state index contributed by atoms with van der Waals surface area (Å²) in [5.74, 6) is 0.492. The molecule has 1 unspecified atom stereocenters. The van der Waals surface area contributed by atoms with E-state index >= 15 is 0 Å². The number of rotatable bonds is 6. The Morgan fingerprint density at radius 1 is 0.964 bits per heavy atom. The molecule has 3 rings (SSSR count). The fraction of sp³-hybridized carbons (Fsp3) is 0.125. The molecule has 0 fully saturated rings. The van der Waals surface area contributed by atoms with Crippen molar-refractivity contribution >= 4 is 23.0 Å². The maximum atomic E-state index is 12.6. The number of pyridine rings is 1. The van der Waals surface area contributed by atoms with Crippen molar-refractivity contribution in [2.45, 2.75) is 11.8 Å². The Kier molecular flexibility index (Phi) is 6.90. The van der Waals surface area contributed by atoms with E-state index in [2.05, 4.69) is 18.3 Å². The first-order valence-electron chi connectivity index (χ1n) is 9.12. The Hall–Kier alpha value is -2.56. The van der Waals surface area contributed by atoms with Crippen LogP contribution in [0.5, 0.6) is 0 Å². The summed E-state index contributed by atoms with van der Waals surface area (Å²) >= 11 is 5.82. The molecule has 0 spiro atoms. The van der Waals surface area contributed by atoms with Gasteiger partial charge >= 0.3 is 0 Å². The first-order chi connectivity index (χ1) is 13.6. The lowest BCUT2D eigenvalue weighted by molar-refractivity contribution is 0.685. The van der Waals surface area contributed by atoms with E-state index < -0.39 is 10.8 Å². The summed E-state index contributed by atoms with van der Waals surface area (Å²) in [6.45, 7) is 1.96. The molecule has 0 aliphatic rings. The predicted octanol–water partition coefficient (Wildman–Crippen LogP) is 6.33. The van der Waals surface area contributed by atoms with E-state index in [1.165, 1.54) is 0 Å². The van der Waals surface area contributed by atoms with E-state index in [1.54, 1.807) is 0 Å². The zero-order chi connectivity index (χ0) is 19.9. The first-order valence-corrected chi connectivity index (χ1v) is 10.8. The number of hydrogen-bond donors (Lipinski definition) is 0. The molecule has 0 bridgehead atoms. The molecule has 0 amide bonds. The van der Waals surface area contributed by atoms with Crippen LogP contribution in [0.1, 0.15) is 6.92 Å². The number of aromatic nitrogens is 1. The van der Waals surface area contributed by atoms with Gasteiger partial charge in [0.25, 0.3) is 0 Å². The van der Waals surface area contributed by atoms with Crippen molar-refractivity contribution in [3.63, 3.8) is 0 Å². The van der Waals surface area contributed by atoms with Gasteiger partial charge in [0.1, 0.15) is 0 Å². The number of hydrogen-bond acceptors (Lipinski definition) is 2. The molecule has 3 aromatic rings. The van der Waals surface area contributed by atoms with Gasteiger partial charge in [0.15, 0.2) is 0 Å². The average molecular weight is 406 g/mol. The van der Waals surface area contributed by atoms with E-state index in [1.807, 2.05) is 91.5 Å². The zero-order valence-corrected chi connectivity index (χ0v) is 17.7. The standard InChI is InChI=1S/C24H23NOS2/c1-3-4-5-9-15-28(26)21-14-10-13-20(16-21)23-18-25(2)17-22(24(23)27)19-11-7-6-8-12-19/h3-14,16-18H,15H2,1-2H3. The van der Waals surface area contributed by atoms with Crippen molar-refractivity contribution in [2.75, 3.05) is 5.75 Å². The molecule has 2 nitrogen and oxygen atoms in total. The predicted molar refractivity (Wildman–Crippen MR) is 122 cm³/mol. The van der Waals surface area contributed by atoms with Crippen LogP contribution in [-0.4, -0.2) is 14.5 Å². The third kappa shape index (κ3) is 4.83. The molecule has 0 aliphatic heterocycles. The fourth-order valence-corrected chi connectivity index (χ4v) is 4.28. The molecule has 0 radical (unpaired) electrons. The lowest BCUT2D eigenvalue weighted by atomic mass is 10.0. The Bertz CT molecular complexity index is 1100. The Morgan fingerprint density at radius 3 is 2.36 bits per heavy atom. The molecule has 0 N–H and O–H groups in total. The van der Waals surface area contributed by atoms with E-state index in [-0.39, 0.29) is 0 Å². The second-order valence-electron chi connectivity index (χ2n) is 6.44. The van der Waals surface area contributed by atoms with E-state index in [0.717, 1.165) is 31.7 Å². The van der Waals surface area contributed by atoms with Crippen molar-refractivity contribution in [1.29, 1.82) is 0 Å². The highest BCUT2D eigenvalue weighted by molar-refractivity contribution is 7.85. The first kappa shape index (κ1) is 20.2. The normalized spacial score (nSPS) is 12.6. The molecular weight excluding hydrogens is 382 g/mol. The molecule has 28 heavy (non-hydrogen) atoms. The Labute approximate surface area is 174 Å². The summed E-state index contributed by atoms with van der Waals surface area (Å²) in [4.78, 5) is 0.810. The van der Waals surface area contributed by atoms with Crippen LogP contribution in [0.3, 0.4) is 0 Å². The SMILES string of the molecule is CC=CC=CCS(=O)c1cccc(-c2cn(C)cc(-c3ccccc3)c2=S)c1. The second kappa shape index (κ2) is 9.58.